The first-order valence-corrected chi connectivity index (χ1v) is 10.6. The normalized spacial score (nSPS) is 24.5. The molecule has 3 atom stereocenters. The molecule has 0 N–H and O–H groups in total. The summed E-state index contributed by atoms with van der Waals surface area (Å²) in [5.41, 5.74) is 3.19. The van der Waals surface area contributed by atoms with Crippen LogP contribution >= 0.6 is 0 Å². The van der Waals surface area contributed by atoms with Crippen LogP contribution < -0.4 is 4.74 Å². The molecule has 0 unspecified atom stereocenters. The Morgan fingerprint density at radius 1 is 1.11 bits per heavy atom. The lowest BCUT2D eigenvalue weighted by atomic mass is 9.71. The number of carbonyl (C=O) groups excluding carboxylic acids is 1. The standard InChI is InChI=1S/C21H23NO4S/c1-13-4-8-18(9-5-13)27(24,25)22-16-10-15-6-7-17(26-3)12-20(15)19(11-16)14(2)21(22)23/h4-9,12,14,16,19H,10-11H2,1-3H3/t14-,16+,19-/m1/s1. The molecule has 4 rings (SSSR count). The highest BCUT2D eigenvalue weighted by Crippen LogP contribution is 2.46. The molecule has 142 valence electrons. The summed E-state index contributed by atoms with van der Waals surface area (Å²) in [4.78, 5) is 13.3. The molecule has 2 aromatic carbocycles. The van der Waals surface area contributed by atoms with Gasteiger partial charge >= 0.3 is 0 Å². The van der Waals surface area contributed by atoms with Crippen molar-refractivity contribution >= 4 is 15.9 Å². The first kappa shape index (κ1) is 18.0. The van der Waals surface area contributed by atoms with Gasteiger partial charge in [-0.25, -0.2) is 12.7 Å². The van der Waals surface area contributed by atoms with E-state index in [9.17, 15) is 13.2 Å². The van der Waals surface area contributed by atoms with Crippen molar-refractivity contribution in [3.8, 4) is 5.75 Å². The van der Waals surface area contributed by atoms with E-state index in [1.807, 2.05) is 32.0 Å². The van der Waals surface area contributed by atoms with Crippen LogP contribution in [0, 0.1) is 12.8 Å². The number of aryl methyl sites for hydroxylation is 1. The lowest BCUT2D eigenvalue weighted by Gasteiger charge is -2.45. The van der Waals surface area contributed by atoms with E-state index in [4.69, 9.17) is 4.74 Å². The van der Waals surface area contributed by atoms with Crippen LogP contribution in [-0.2, 0) is 21.2 Å². The molecule has 2 aromatic rings. The van der Waals surface area contributed by atoms with Gasteiger partial charge in [-0.15, -0.1) is 0 Å². The van der Waals surface area contributed by atoms with E-state index < -0.39 is 15.9 Å². The summed E-state index contributed by atoms with van der Waals surface area (Å²) < 4.78 is 33.0. The molecule has 1 aliphatic heterocycles. The van der Waals surface area contributed by atoms with Gasteiger partial charge < -0.3 is 4.74 Å². The maximum absolute atomic E-state index is 13.3. The molecule has 1 heterocycles. The lowest BCUT2D eigenvalue weighted by Crippen LogP contribution is -2.55. The van der Waals surface area contributed by atoms with Crippen LogP contribution in [0.15, 0.2) is 47.4 Å². The first-order valence-electron chi connectivity index (χ1n) is 9.14. The number of ether oxygens (including phenoxy) is 1. The average molecular weight is 385 g/mol. The Balaban J connectivity index is 1.77. The van der Waals surface area contributed by atoms with Crippen molar-refractivity contribution in [2.24, 2.45) is 5.92 Å². The van der Waals surface area contributed by atoms with Gasteiger partial charge in [-0.1, -0.05) is 30.7 Å². The minimum atomic E-state index is -3.87. The molecular weight excluding hydrogens is 362 g/mol. The van der Waals surface area contributed by atoms with Crippen molar-refractivity contribution in [1.29, 1.82) is 0 Å². The highest BCUT2D eigenvalue weighted by atomic mass is 32.2. The number of nitrogens with zero attached hydrogens (tertiary/aromatic N) is 1. The van der Waals surface area contributed by atoms with Crippen LogP contribution in [0.25, 0.3) is 0 Å². The van der Waals surface area contributed by atoms with Crippen LogP contribution in [0.3, 0.4) is 0 Å². The molecule has 0 aromatic heterocycles. The second-order valence-corrected chi connectivity index (χ2v) is 9.32. The molecule has 0 saturated carbocycles. The fraction of sp³-hybridized carbons (Fsp3) is 0.381. The predicted octanol–water partition coefficient (Wildman–Crippen LogP) is 3.27. The summed E-state index contributed by atoms with van der Waals surface area (Å²) in [5, 5.41) is 0. The van der Waals surface area contributed by atoms with Gasteiger partial charge in [-0.05, 0) is 61.1 Å². The molecule has 27 heavy (non-hydrogen) atoms. The SMILES string of the molecule is COc1ccc2c(c1)[C@@H]1C[C@H](C2)N(S(=O)(=O)c2ccc(C)cc2)C(=O)[C@@H]1C. The second-order valence-electron chi connectivity index (χ2n) is 7.51. The lowest BCUT2D eigenvalue weighted by molar-refractivity contribution is -0.136. The van der Waals surface area contributed by atoms with Crippen LogP contribution in [0.4, 0.5) is 0 Å². The minimum Gasteiger partial charge on any atom is -0.497 e. The van der Waals surface area contributed by atoms with E-state index >= 15 is 0 Å². The predicted molar refractivity (Wildman–Crippen MR) is 102 cm³/mol. The third kappa shape index (κ3) is 2.83. The van der Waals surface area contributed by atoms with Crippen molar-refractivity contribution in [1.82, 2.24) is 4.31 Å². The number of hydrogen-bond acceptors (Lipinski definition) is 4. The summed E-state index contributed by atoms with van der Waals surface area (Å²) in [5.74, 6) is 0.0743. The van der Waals surface area contributed by atoms with Gasteiger partial charge in [-0.2, -0.15) is 0 Å². The van der Waals surface area contributed by atoms with Gasteiger partial charge in [0.2, 0.25) is 5.91 Å². The quantitative estimate of drug-likeness (QED) is 0.813. The molecular formula is C21H23NO4S. The van der Waals surface area contributed by atoms with E-state index in [-0.39, 0.29) is 22.8 Å². The van der Waals surface area contributed by atoms with E-state index in [1.54, 1.807) is 31.4 Å². The van der Waals surface area contributed by atoms with E-state index in [0.29, 0.717) is 12.8 Å². The van der Waals surface area contributed by atoms with Crippen molar-refractivity contribution < 1.29 is 17.9 Å². The number of methoxy groups -OCH3 is 1. The van der Waals surface area contributed by atoms with Crippen molar-refractivity contribution in [2.45, 2.75) is 43.5 Å². The van der Waals surface area contributed by atoms with E-state index in [0.717, 1.165) is 26.7 Å². The summed E-state index contributed by atoms with van der Waals surface area (Å²) in [7, 11) is -2.24. The molecule has 5 nitrogen and oxygen atoms in total. The van der Waals surface area contributed by atoms with Crippen LogP contribution in [0.5, 0.6) is 5.75 Å². The van der Waals surface area contributed by atoms with Gasteiger partial charge in [-0.3, -0.25) is 4.79 Å². The number of sulfonamides is 1. The molecule has 2 bridgehead atoms. The molecule has 1 saturated heterocycles. The smallest absolute Gasteiger partial charge is 0.266 e. The van der Waals surface area contributed by atoms with Gasteiger partial charge in [0, 0.05) is 5.92 Å². The van der Waals surface area contributed by atoms with Gasteiger partial charge in [0.1, 0.15) is 5.75 Å². The fourth-order valence-electron chi connectivity index (χ4n) is 4.33. The minimum absolute atomic E-state index is 0.0193. The largest absolute Gasteiger partial charge is 0.497 e. The second kappa shape index (κ2) is 6.37. The average Bonchev–Trinajstić information content (AvgIpc) is 2.65. The molecule has 1 amide bonds. The zero-order chi connectivity index (χ0) is 19.3. The molecule has 0 spiro atoms. The van der Waals surface area contributed by atoms with Gasteiger partial charge in [0.05, 0.1) is 18.0 Å². The Kier molecular flexibility index (Phi) is 4.26. The zero-order valence-electron chi connectivity index (χ0n) is 15.7. The van der Waals surface area contributed by atoms with Crippen molar-refractivity contribution in [2.75, 3.05) is 7.11 Å². The number of piperidine rings is 1. The Labute approximate surface area is 160 Å². The third-order valence-electron chi connectivity index (χ3n) is 5.85. The zero-order valence-corrected chi connectivity index (χ0v) is 16.5. The summed E-state index contributed by atoms with van der Waals surface area (Å²) in [6, 6.07) is 12.2. The fourth-order valence-corrected chi connectivity index (χ4v) is 6.00. The Bertz CT molecular complexity index is 997. The topological polar surface area (TPSA) is 63.7 Å². The number of benzene rings is 2. The maximum Gasteiger partial charge on any atom is 0.266 e. The van der Waals surface area contributed by atoms with Gasteiger partial charge in [0.25, 0.3) is 10.0 Å². The Morgan fingerprint density at radius 2 is 1.81 bits per heavy atom. The van der Waals surface area contributed by atoms with Crippen LogP contribution in [0.2, 0.25) is 0 Å². The number of rotatable bonds is 3. The Morgan fingerprint density at radius 3 is 2.48 bits per heavy atom. The number of hydrogen-bond donors (Lipinski definition) is 0. The summed E-state index contributed by atoms with van der Waals surface area (Å²) in [6.07, 6.45) is 1.19. The van der Waals surface area contributed by atoms with Crippen LogP contribution in [0.1, 0.15) is 36.0 Å². The molecule has 6 heteroatoms. The highest BCUT2D eigenvalue weighted by molar-refractivity contribution is 7.89. The van der Waals surface area contributed by atoms with E-state index in [2.05, 4.69) is 0 Å². The molecule has 1 fully saturated rings. The summed E-state index contributed by atoms with van der Waals surface area (Å²) >= 11 is 0. The highest BCUT2D eigenvalue weighted by Gasteiger charge is 2.48. The number of amides is 1. The first-order chi connectivity index (χ1) is 12.8. The molecule has 0 radical (unpaired) electrons. The number of carbonyl (C=O) groups is 1. The van der Waals surface area contributed by atoms with Crippen LogP contribution in [-0.4, -0.2) is 31.8 Å². The van der Waals surface area contributed by atoms with E-state index in [1.165, 1.54) is 0 Å². The summed E-state index contributed by atoms with van der Waals surface area (Å²) in [6.45, 7) is 3.73. The Hall–Kier alpha value is -2.34. The van der Waals surface area contributed by atoms with Crippen molar-refractivity contribution in [3.05, 3.63) is 59.2 Å². The molecule has 2 aliphatic rings. The monoisotopic (exact) mass is 385 g/mol. The van der Waals surface area contributed by atoms with Gasteiger partial charge in [0.15, 0.2) is 0 Å². The van der Waals surface area contributed by atoms with Crippen molar-refractivity contribution in [3.63, 3.8) is 0 Å². The molecule has 1 aliphatic carbocycles. The number of fused-ring (bicyclic) bond motifs is 4. The third-order valence-corrected chi connectivity index (χ3v) is 7.72. The maximum atomic E-state index is 13.3.